The summed E-state index contributed by atoms with van der Waals surface area (Å²) in [5.74, 6) is 0.916. The normalized spacial score (nSPS) is 20.5. The number of anilines is 1. The Labute approximate surface area is 158 Å². The molecule has 3 aliphatic rings. The van der Waals surface area contributed by atoms with E-state index in [-0.39, 0.29) is 5.91 Å². The Morgan fingerprint density at radius 2 is 1.88 bits per heavy atom. The van der Waals surface area contributed by atoms with E-state index in [1.165, 1.54) is 0 Å². The lowest BCUT2D eigenvalue weighted by Crippen LogP contribution is -2.33. The van der Waals surface area contributed by atoms with Crippen LogP contribution >= 0.6 is 11.8 Å². The van der Waals surface area contributed by atoms with Gasteiger partial charge in [-0.2, -0.15) is 11.8 Å². The van der Waals surface area contributed by atoms with Crippen molar-refractivity contribution < 1.29 is 17.9 Å². The van der Waals surface area contributed by atoms with Crippen molar-refractivity contribution in [1.29, 1.82) is 0 Å². The van der Waals surface area contributed by atoms with Crippen LogP contribution in [0.2, 0.25) is 0 Å². The van der Waals surface area contributed by atoms with Crippen LogP contribution in [0.5, 0.6) is 0 Å². The molecule has 0 aromatic heterocycles. The van der Waals surface area contributed by atoms with Crippen LogP contribution in [0.25, 0.3) is 0 Å². The van der Waals surface area contributed by atoms with Crippen molar-refractivity contribution in [1.82, 2.24) is 4.72 Å². The number of thioether (sulfide) groups is 1. The third kappa shape index (κ3) is 3.65. The van der Waals surface area contributed by atoms with Gasteiger partial charge in [0, 0.05) is 43.7 Å². The Morgan fingerprint density at radius 3 is 2.65 bits per heavy atom. The number of nitrogens with zero attached hydrogens (tertiary/aromatic N) is 1. The Bertz CT molecular complexity index is 804. The quantitative estimate of drug-likeness (QED) is 0.741. The second kappa shape index (κ2) is 7.50. The topological polar surface area (TPSA) is 75.7 Å². The minimum Gasteiger partial charge on any atom is -0.381 e. The van der Waals surface area contributed by atoms with Crippen LogP contribution in [-0.4, -0.2) is 51.6 Å². The van der Waals surface area contributed by atoms with Gasteiger partial charge >= 0.3 is 0 Å². The standard InChI is InChI=1S/C18H24N2O4S2/c21-17-2-1-13-11-16(12-14-3-7-20(17)18(13)14)26(22,23)19-6-10-25-15-4-8-24-9-5-15/h11-12,15,19H,1-10H2. The number of hydrogen-bond donors (Lipinski definition) is 1. The first kappa shape index (κ1) is 18.3. The molecule has 1 fully saturated rings. The summed E-state index contributed by atoms with van der Waals surface area (Å²) in [4.78, 5) is 14.1. The number of amides is 1. The molecule has 0 atom stereocenters. The highest BCUT2D eigenvalue weighted by Crippen LogP contribution is 2.38. The van der Waals surface area contributed by atoms with E-state index in [1.807, 2.05) is 16.7 Å². The second-order valence-corrected chi connectivity index (χ2v) is 10.1. The fourth-order valence-corrected chi connectivity index (χ4v) is 6.25. The van der Waals surface area contributed by atoms with Gasteiger partial charge in [-0.1, -0.05) is 0 Å². The molecule has 1 saturated heterocycles. The molecule has 26 heavy (non-hydrogen) atoms. The first-order valence-electron chi connectivity index (χ1n) is 9.20. The molecule has 1 aromatic rings. The van der Waals surface area contributed by atoms with Gasteiger partial charge in [-0.15, -0.1) is 0 Å². The maximum atomic E-state index is 12.7. The summed E-state index contributed by atoms with van der Waals surface area (Å²) in [5, 5.41) is 0.571. The zero-order chi connectivity index (χ0) is 18.1. The molecule has 3 heterocycles. The molecule has 0 aliphatic carbocycles. The second-order valence-electron chi connectivity index (χ2n) is 6.97. The van der Waals surface area contributed by atoms with E-state index in [1.54, 1.807) is 12.1 Å². The average molecular weight is 397 g/mol. The highest BCUT2D eigenvalue weighted by atomic mass is 32.2. The number of benzene rings is 1. The van der Waals surface area contributed by atoms with Gasteiger partial charge in [-0.05, 0) is 48.9 Å². The molecule has 0 bridgehead atoms. The molecular weight excluding hydrogens is 372 g/mol. The third-order valence-electron chi connectivity index (χ3n) is 5.25. The molecule has 0 spiro atoms. The Morgan fingerprint density at radius 1 is 1.15 bits per heavy atom. The smallest absolute Gasteiger partial charge is 0.240 e. The zero-order valence-corrected chi connectivity index (χ0v) is 16.3. The highest BCUT2D eigenvalue weighted by Gasteiger charge is 2.32. The maximum Gasteiger partial charge on any atom is 0.240 e. The van der Waals surface area contributed by atoms with E-state index in [0.717, 1.165) is 55.0 Å². The summed E-state index contributed by atoms with van der Waals surface area (Å²) in [6.45, 7) is 2.71. The first-order chi connectivity index (χ1) is 12.5. The van der Waals surface area contributed by atoms with E-state index in [4.69, 9.17) is 4.74 Å². The molecule has 8 heteroatoms. The molecule has 3 aliphatic heterocycles. The molecule has 142 valence electrons. The van der Waals surface area contributed by atoms with Gasteiger partial charge in [0.05, 0.1) is 10.6 Å². The van der Waals surface area contributed by atoms with Crippen molar-refractivity contribution in [3.63, 3.8) is 0 Å². The number of nitrogens with one attached hydrogen (secondary N) is 1. The first-order valence-corrected chi connectivity index (χ1v) is 11.7. The summed E-state index contributed by atoms with van der Waals surface area (Å²) in [7, 11) is -3.52. The van der Waals surface area contributed by atoms with E-state index in [0.29, 0.717) is 36.1 Å². The molecular formula is C18H24N2O4S2. The van der Waals surface area contributed by atoms with Gasteiger partial charge in [-0.3, -0.25) is 4.79 Å². The van der Waals surface area contributed by atoms with Gasteiger partial charge < -0.3 is 9.64 Å². The minimum atomic E-state index is -3.52. The highest BCUT2D eigenvalue weighted by molar-refractivity contribution is 8.00. The van der Waals surface area contributed by atoms with Crippen molar-refractivity contribution in [2.24, 2.45) is 0 Å². The number of carbonyl (C=O) groups is 1. The molecule has 1 aromatic carbocycles. The third-order valence-corrected chi connectivity index (χ3v) is 8.07. The molecule has 6 nitrogen and oxygen atoms in total. The summed E-state index contributed by atoms with van der Waals surface area (Å²) in [6.07, 6.45) is 3.91. The van der Waals surface area contributed by atoms with Crippen LogP contribution in [0.15, 0.2) is 17.0 Å². The van der Waals surface area contributed by atoms with Crippen LogP contribution < -0.4 is 9.62 Å². The monoisotopic (exact) mass is 396 g/mol. The Hall–Kier alpha value is -1.09. The summed E-state index contributed by atoms with van der Waals surface area (Å²) >= 11 is 1.82. The van der Waals surface area contributed by atoms with Crippen LogP contribution in [0, 0.1) is 0 Å². The maximum absolute atomic E-state index is 12.7. The molecule has 4 rings (SSSR count). The Kier molecular flexibility index (Phi) is 5.27. The van der Waals surface area contributed by atoms with Crippen molar-refractivity contribution in [2.45, 2.75) is 42.2 Å². The molecule has 0 saturated carbocycles. The lowest BCUT2D eigenvalue weighted by atomic mass is 10.00. The van der Waals surface area contributed by atoms with E-state index >= 15 is 0 Å². The van der Waals surface area contributed by atoms with E-state index < -0.39 is 10.0 Å². The predicted molar refractivity (Wildman–Crippen MR) is 102 cm³/mol. The van der Waals surface area contributed by atoms with Crippen molar-refractivity contribution in [3.8, 4) is 0 Å². The average Bonchev–Trinajstić information content (AvgIpc) is 3.08. The SMILES string of the molecule is O=C1CCc2cc(S(=O)(=O)NCCSC3CCOCC3)cc3c2N1CC3. The Balaban J connectivity index is 1.41. The molecule has 1 N–H and O–H groups in total. The van der Waals surface area contributed by atoms with Gasteiger partial charge in [0.1, 0.15) is 0 Å². The van der Waals surface area contributed by atoms with Gasteiger partial charge in [-0.25, -0.2) is 13.1 Å². The lowest BCUT2D eigenvalue weighted by Gasteiger charge is -2.25. The van der Waals surface area contributed by atoms with Gasteiger partial charge in [0.25, 0.3) is 0 Å². The van der Waals surface area contributed by atoms with Crippen LogP contribution in [-0.2, 0) is 32.4 Å². The molecule has 0 radical (unpaired) electrons. The van der Waals surface area contributed by atoms with Gasteiger partial charge in [0.2, 0.25) is 15.9 Å². The zero-order valence-electron chi connectivity index (χ0n) is 14.7. The van der Waals surface area contributed by atoms with Gasteiger partial charge in [0.15, 0.2) is 0 Å². The predicted octanol–water partition coefficient (Wildman–Crippen LogP) is 1.71. The van der Waals surface area contributed by atoms with Crippen LogP contribution in [0.4, 0.5) is 5.69 Å². The summed E-state index contributed by atoms with van der Waals surface area (Å²) < 4.78 is 33.5. The van der Waals surface area contributed by atoms with Crippen LogP contribution in [0.3, 0.4) is 0 Å². The summed E-state index contributed by atoms with van der Waals surface area (Å²) in [6, 6.07) is 3.49. The lowest BCUT2D eigenvalue weighted by molar-refractivity contribution is -0.118. The molecule has 0 unspecified atom stereocenters. The fourth-order valence-electron chi connectivity index (χ4n) is 3.91. The van der Waals surface area contributed by atoms with Crippen molar-refractivity contribution >= 4 is 33.4 Å². The van der Waals surface area contributed by atoms with Crippen molar-refractivity contribution in [3.05, 3.63) is 23.3 Å². The number of ether oxygens (including phenoxy) is 1. The number of sulfonamides is 1. The fraction of sp³-hybridized carbons (Fsp3) is 0.611. The van der Waals surface area contributed by atoms with E-state index in [2.05, 4.69) is 4.72 Å². The van der Waals surface area contributed by atoms with E-state index in [9.17, 15) is 13.2 Å². The molecule has 1 amide bonds. The number of rotatable bonds is 6. The largest absolute Gasteiger partial charge is 0.381 e. The minimum absolute atomic E-state index is 0.148. The van der Waals surface area contributed by atoms with Crippen molar-refractivity contribution in [2.75, 3.05) is 37.0 Å². The number of aryl methyl sites for hydroxylation is 1. The van der Waals surface area contributed by atoms with Crippen LogP contribution in [0.1, 0.15) is 30.4 Å². The number of hydrogen-bond acceptors (Lipinski definition) is 5. The summed E-state index contributed by atoms with van der Waals surface area (Å²) in [5.41, 5.74) is 2.92. The number of carbonyl (C=O) groups excluding carboxylic acids is 1.